The number of carbonyl (C=O) groups is 1. The molecule has 0 unspecified atom stereocenters. The molecule has 1 aliphatic heterocycles. The summed E-state index contributed by atoms with van der Waals surface area (Å²) in [5.74, 6) is 1.11. The van der Waals surface area contributed by atoms with Crippen LogP contribution in [0.25, 0.3) is 0 Å². The summed E-state index contributed by atoms with van der Waals surface area (Å²) in [6.07, 6.45) is 3.85. The van der Waals surface area contributed by atoms with Crippen LogP contribution < -0.4 is 15.4 Å². The number of carbonyl (C=O) groups excluding carboxylic acids is 1. The van der Waals surface area contributed by atoms with Gasteiger partial charge >= 0.3 is 0 Å². The zero-order valence-electron chi connectivity index (χ0n) is 15.2. The van der Waals surface area contributed by atoms with Crippen molar-refractivity contribution in [1.29, 1.82) is 0 Å². The second kappa shape index (κ2) is 8.29. The maximum atomic E-state index is 12.6. The number of piperidine rings is 1. The number of ether oxygens (including phenoxy) is 2. The Morgan fingerprint density at radius 1 is 1.27 bits per heavy atom. The molecule has 3 rings (SSSR count). The third-order valence-corrected chi connectivity index (χ3v) is 4.74. The molecule has 0 atom stereocenters. The molecule has 0 spiro atoms. The number of rotatable bonds is 6. The van der Waals surface area contributed by atoms with E-state index in [4.69, 9.17) is 9.47 Å². The Balaban J connectivity index is 1.64. The number of nitrogens with one attached hydrogen (secondary N) is 2. The van der Waals surface area contributed by atoms with E-state index >= 15 is 0 Å². The minimum Gasteiger partial charge on any atom is -0.439 e. The van der Waals surface area contributed by atoms with Crippen molar-refractivity contribution in [3.05, 3.63) is 48.2 Å². The van der Waals surface area contributed by atoms with Gasteiger partial charge < -0.3 is 20.1 Å². The molecule has 1 fully saturated rings. The Kier molecular flexibility index (Phi) is 5.85. The summed E-state index contributed by atoms with van der Waals surface area (Å²) < 4.78 is 11.3. The van der Waals surface area contributed by atoms with Crippen LogP contribution in [0.1, 0.15) is 25.3 Å². The van der Waals surface area contributed by atoms with Gasteiger partial charge in [0.2, 0.25) is 5.88 Å². The van der Waals surface area contributed by atoms with Gasteiger partial charge in [0, 0.05) is 13.2 Å². The van der Waals surface area contributed by atoms with E-state index in [1.54, 1.807) is 25.4 Å². The molecule has 2 N–H and O–H groups in total. The fraction of sp³-hybridized carbons (Fsp3) is 0.400. The van der Waals surface area contributed by atoms with Gasteiger partial charge in [0.25, 0.3) is 5.91 Å². The van der Waals surface area contributed by atoms with Crippen LogP contribution in [0.4, 0.5) is 5.69 Å². The van der Waals surface area contributed by atoms with Gasteiger partial charge in [0.05, 0.1) is 11.9 Å². The van der Waals surface area contributed by atoms with Crippen LogP contribution in [0.2, 0.25) is 0 Å². The lowest BCUT2D eigenvalue weighted by Gasteiger charge is -2.34. The first-order chi connectivity index (χ1) is 12.6. The second-order valence-electron chi connectivity index (χ2n) is 6.39. The first kappa shape index (κ1) is 18.4. The lowest BCUT2D eigenvalue weighted by Crippen LogP contribution is -2.51. The molecule has 1 aromatic heterocycles. The van der Waals surface area contributed by atoms with Gasteiger partial charge in [-0.3, -0.25) is 4.79 Å². The highest BCUT2D eigenvalue weighted by Crippen LogP contribution is 2.26. The first-order valence-electron chi connectivity index (χ1n) is 8.95. The normalized spacial score (nSPS) is 16.1. The Morgan fingerprint density at radius 2 is 2.08 bits per heavy atom. The van der Waals surface area contributed by atoms with Crippen LogP contribution in [0.15, 0.2) is 42.6 Å². The van der Waals surface area contributed by atoms with Crippen LogP contribution in [0.3, 0.4) is 0 Å². The number of aromatic nitrogens is 1. The molecule has 1 saturated heterocycles. The summed E-state index contributed by atoms with van der Waals surface area (Å²) in [5.41, 5.74) is 1.05. The van der Waals surface area contributed by atoms with Crippen LogP contribution in [0.5, 0.6) is 11.6 Å². The number of anilines is 1. The van der Waals surface area contributed by atoms with Crippen molar-refractivity contribution in [2.75, 3.05) is 25.5 Å². The molecule has 2 aromatic rings. The van der Waals surface area contributed by atoms with Gasteiger partial charge in [-0.25, -0.2) is 4.98 Å². The van der Waals surface area contributed by atoms with Crippen molar-refractivity contribution in [3.63, 3.8) is 0 Å². The minimum atomic E-state index is -0.777. The van der Waals surface area contributed by atoms with Gasteiger partial charge in [-0.2, -0.15) is 0 Å². The third-order valence-electron chi connectivity index (χ3n) is 4.74. The third kappa shape index (κ3) is 4.20. The number of methoxy groups -OCH3 is 1. The lowest BCUT2D eigenvalue weighted by molar-refractivity contribution is -0.140. The molecule has 1 amide bonds. The van der Waals surface area contributed by atoms with Gasteiger partial charge in [-0.1, -0.05) is 19.1 Å². The van der Waals surface area contributed by atoms with E-state index in [1.807, 2.05) is 18.2 Å². The van der Waals surface area contributed by atoms with Crippen LogP contribution in [0, 0.1) is 0 Å². The number of aryl methyl sites for hydroxylation is 1. The molecule has 6 heteroatoms. The van der Waals surface area contributed by atoms with Crippen molar-refractivity contribution < 1.29 is 14.3 Å². The average molecular weight is 355 g/mol. The van der Waals surface area contributed by atoms with Crippen LogP contribution in [-0.4, -0.2) is 36.7 Å². The molecular weight excluding hydrogens is 330 g/mol. The molecule has 138 valence electrons. The predicted octanol–water partition coefficient (Wildman–Crippen LogP) is 3.14. The number of hydrogen-bond donors (Lipinski definition) is 2. The van der Waals surface area contributed by atoms with E-state index in [-0.39, 0.29) is 5.91 Å². The van der Waals surface area contributed by atoms with Crippen molar-refractivity contribution in [2.24, 2.45) is 0 Å². The highest BCUT2D eigenvalue weighted by molar-refractivity contribution is 5.97. The second-order valence-corrected chi connectivity index (χ2v) is 6.39. The molecule has 1 aromatic carbocycles. The summed E-state index contributed by atoms with van der Waals surface area (Å²) in [6.45, 7) is 3.64. The molecule has 1 aliphatic rings. The van der Waals surface area contributed by atoms with Gasteiger partial charge in [-0.15, -0.1) is 0 Å². The van der Waals surface area contributed by atoms with Crippen molar-refractivity contribution in [3.8, 4) is 11.6 Å². The highest BCUT2D eigenvalue weighted by atomic mass is 16.5. The van der Waals surface area contributed by atoms with Crippen molar-refractivity contribution >= 4 is 11.6 Å². The maximum absolute atomic E-state index is 12.6. The molecule has 2 heterocycles. The SMILES string of the molecule is CCc1cccc(Oc2ccc(NC(=O)C3(OC)CCNCC3)cn2)c1. The van der Waals surface area contributed by atoms with Gasteiger partial charge in [0.15, 0.2) is 0 Å². The number of pyridine rings is 1. The van der Waals surface area contributed by atoms with Crippen LogP contribution >= 0.6 is 0 Å². The first-order valence-corrected chi connectivity index (χ1v) is 8.95. The number of amides is 1. The maximum Gasteiger partial charge on any atom is 0.256 e. The summed E-state index contributed by atoms with van der Waals surface area (Å²) in [4.78, 5) is 16.9. The predicted molar refractivity (Wildman–Crippen MR) is 101 cm³/mol. The number of hydrogen-bond acceptors (Lipinski definition) is 5. The molecule has 26 heavy (non-hydrogen) atoms. The minimum absolute atomic E-state index is 0.132. The Bertz CT molecular complexity index is 740. The van der Waals surface area contributed by atoms with E-state index in [0.29, 0.717) is 24.4 Å². The average Bonchev–Trinajstić information content (AvgIpc) is 2.70. The van der Waals surface area contributed by atoms with E-state index < -0.39 is 5.60 Å². The Hall–Kier alpha value is -2.44. The highest BCUT2D eigenvalue weighted by Gasteiger charge is 2.39. The van der Waals surface area contributed by atoms with Gasteiger partial charge in [0.1, 0.15) is 11.4 Å². The molecule has 0 bridgehead atoms. The topological polar surface area (TPSA) is 72.5 Å². The number of benzene rings is 1. The largest absolute Gasteiger partial charge is 0.439 e. The fourth-order valence-electron chi connectivity index (χ4n) is 3.06. The zero-order valence-corrected chi connectivity index (χ0v) is 15.2. The van der Waals surface area contributed by atoms with Crippen LogP contribution in [-0.2, 0) is 16.0 Å². The van der Waals surface area contributed by atoms with Crippen molar-refractivity contribution in [2.45, 2.75) is 31.8 Å². The summed E-state index contributed by atoms with van der Waals surface area (Å²) in [7, 11) is 1.59. The van der Waals surface area contributed by atoms with E-state index in [2.05, 4.69) is 28.6 Å². The molecule has 6 nitrogen and oxygen atoms in total. The number of nitrogens with zero attached hydrogens (tertiary/aromatic N) is 1. The Morgan fingerprint density at radius 3 is 2.73 bits per heavy atom. The van der Waals surface area contributed by atoms with Gasteiger partial charge in [-0.05, 0) is 56.1 Å². The monoisotopic (exact) mass is 355 g/mol. The lowest BCUT2D eigenvalue weighted by atomic mass is 9.91. The molecule has 0 radical (unpaired) electrons. The smallest absolute Gasteiger partial charge is 0.256 e. The fourth-order valence-corrected chi connectivity index (χ4v) is 3.06. The van der Waals surface area contributed by atoms with E-state index in [0.717, 1.165) is 25.3 Å². The summed E-state index contributed by atoms with van der Waals surface area (Å²) >= 11 is 0. The Labute approximate surface area is 153 Å². The summed E-state index contributed by atoms with van der Waals surface area (Å²) in [6, 6.07) is 11.5. The van der Waals surface area contributed by atoms with Crippen molar-refractivity contribution in [1.82, 2.24) is 10.3 Å². The molecular formula is C20H25N3O3. The van der Waals surface area contributed by atoms with E-state index in [1.165, 1.54) is 5.56 Å². The molecule has 0 saturated carbocycles. The zero-order chi connectivity index (χ0) is 18.4. The van der Waals surface area contributed by atoms with E-state index in [9.17, 15) is 4.79 Å². The summed E-state index contributed by atoms with van der Waals surface area (Å²) in [5, 5.41) is 6.15. The standard InChI is InChI=1S/C20H25N3O3/c1-3-15-5-4-6-17(13-15)26-18-8-7-16(14-22-18)23-19(24)20(25-2)9-11-21-12-10-20/h4-8,13-14,21H,3,9-12H2,1-2H3,(H,23,24). The quantitative estimate of drug-likeness (QED) is 0.833. The molecule has 0 aliphatic carbocycles.